The van der Waals surface area contributed by atoms with Gasteiger partial charge in [0.1, 0.15) is 11.4 Å². The van der Waals surface area contributed by atoms with E-state index in [4.69, 9.17) is 4.42 Å². The summed E-state index contributed by atoms with van der Waals surface area (Å²) in [6, 6.07) is 10.9. The summed E-state index contributed by atoms with van der Waals surface area (Å²) in [6.45, 7) is 2.84. The van der Waals surface area contributed by atoms with Crippen LogP contribution in [0.3, 0.4) is 0 Å². The molecule has 4 aromatic rings. The van der Waals surface area contributed by atoms with Gasteiger partial charge in [0.15, 0.2) is 10.9 Å². The molecule has 0 unspecified atom stereocenters. The summed E-state index contributed by atoms with van der Waals surface area (Å²) in [5.41, 5.74) is 2.54. The van der Waals surface area contributed by atoms with Gasteiger partial charge < -0.3 is 9.73 Å². The maximum Gasteiger partial charge on any atom is 0.243 e. The lowest BCUT2D eigenvalue weighted by atomic mass is 10.1. The van der Waals surface area contributed by atoms with Crippen molar-refractivity contribution < 1.29 is 22.0 Å². The molecular weight excluding hydrogens is 501 g/mol. The number of aromatic nitrogens is 1. The number of carbonyl (C=O) groups excluding carboxylic acids is 1. The van der Waals surface area contributed by atoms with Crippen LogP contribution in [0.2, 0.25) is 0 Å². The first-order valence-electron chi connectivity index (χ1n) is 11.8. The molecule has 5 rings (SSSR count). The van der Waals surface area contributed by atoms with Gasteiger partial charge in [-0.2, -0.15) is 4.31 Å². The number of anilines is 1. The summed E-state index contributed by atoms with van der Waals surface area (Å²) in [5.74, 6) is -0.448. The van der Waals surface area contributed by atoms with E-state index in [0.717, 1.165) is 31.2 Å². The number of sulfonamides is 1. The van der Waals surface area contributed by atoms with E-state index in [9.17, 15) is 17.6 Å². The highest BCUT2D eigenvalue weighted by atomic mass is 32.2. The van der Waals surface area contributed by atoms with Crippen molar-refractivity contribution in [2.45, 2.75) is 37.5 Å². The first-order chi connectivity index (χ1) is 17.3. The zero-order valence-corrected chi connectivity index (χ0v) is 21.4. The zero-order valence-electron chi connectivity index (χ0n) is 19.8. The highest BCUT2D eigenvalue weighted by molar-refractivity contribution is 7.89. The SMILES string of the molecule is Cc1c(C(=O)CNc2nc(-c3ccc(S(=O)(=O)N4CCCCCC4)cc3)cs2)oc2ccc(F)cc12. The molecule has 1 fully saturated rings. The van der Waals surface area contributed by atoms with Crippen LogP contribution in [0.15, 0.2) is 57.2 Å². The number of Topliss-reactive ketones (excluding diaryl/α,β-unsaturated/α-hetero) is 1. The molecule has 36 heavy (non-hydrogen) atoms. The molecule has 0 radical (unpaired) electrons. The molecule has 0 atom stereocenters. The Labute approximate surface area is 213 Å². The van der Waals surface area contributed by atoms with Crippen LogP contribution in [0, 0.1) is 12.7 Å². The Bertz CT molecular complexity index is 1500. The fourth-order valence-corrected chi connectivity index (χ4v) is 6.65. The molecule has 0 amide bonds. The van der Waals surface area contributed by atoms with Crippen molar-refractivity contribution in [2.75, 3.05) is 25.0 Å². The molecule has 2 aromatic carbocycles. The number of aryl methyl sites for hydroxylation is 1. The minimum atomic E-state index is -3.50. The number of carbonyl (C=O) groups is 1. The number of hydrogen-bond acceptors (Lipinski definition) is 7. The van der Waals surface area contributed by atoms with Crippen LogP contribution < -0.4 is 5.32 Å². The molecule has 188 valence electrons. The van der Waals surface area contributed by atoms with Crippen LogP contribution in [0.4, 0.5) is 9.52 Å². The van der Waals surface area contributed by atoms with Gasteiger partial charge in [-0.15, -0.1) is 11.3 Å². The van der Waals surface area contributed by atoms with Crippen molar-refractivity contribution in [1.82, 2.24) is 9.29 Å². The number of benzene rings is 2. The third-order valence-corrected chi connectivity index (χ3v) is 9.12. The molecule has 1 aliphatic heterocycles. The first-order valence-corrected chi connectivity index (χ1v) is 14.2. The number of halogens is 1. The third kappa shape index (κ3) is 4.93. The van der Waals surface area contributed by atoms with E-state index in [-0.39, 0.29) is 28.8 Å². The second kappa shape index (κ2) is 10.1. The lowest BCUT2D eigenvalue weighted by molar-refractivity contribution is 0.0981. The second-order valence-electron chi connectivity index (χ2n) is 8.85. The van der Waals surface area contributed by atoms with Gasteiger partial charge in [0.05, 0.1) is 17.1 Å². The van der Waals surface area contributed by atoms with Crippen LogP contribution in [0.1, 0.15) is 41.8 Å². The van der Waals surface area contributed by atoms with Gasteiger partial charge in [0.2, 0.25) is 15.8 Å². The van der Waals surface area contributed by atoms with Crippen LogP contribution >= 0.6 is 11.3 Å². The van der Waals surface area contributed by atoms with Crippen LogP contribution in [0.5, 0.6) is 0 Å². The Balaban J connectivity index is 1.25. The van der Waals surface area contributed by atoms with Gasteiger partial charge in [0, 0.05) is 35.0 Å². The van der Waals surface area contributed by atoms with Crippen molar-refractivity contribution in [3.8, 4) is 11.3 Å². The van der Waals surface area contributed by atoms with E-state index in [1.807, 2.05) is 5.38 Å². The molecule has 0 spiro atoms. The number of thiazole rings is 1. The van der Waals surface area contributed by atoms with E-state index in [0.29, 0.717) is 40.4 Å². The predicted octanol–water partition coefficient (Wildman–Crippen LogP) is 5.86. The topological polar surface area (TPSA) is 92.5 Å². The van der Waals surface area contributed by atoms with Crippen molar-refractivity contribution >= 4 is 43.2 Å². The lowest BCUT2D eigenvalue weighted by Crippen LogP contribution is -2.31. The Hall–Kier alpha value is -3.08. The monoisotopic (exact) mass is 527 g/mol. The number of hydrogen-bond donors (Lipinski definition) is 1. The fraction of sp³-hybridized carbons (Fsp3) is 0.308. The normalized spacial score (nSPS) is 15.2. The highest BCUT2D eigenvalue weighted by Gasteiger charge is 2.25. The van der Waals surface area contributed by atoms with Gasteiger partial charge in [0.25, 0.3) is 0 Å². The van der Waals surface area contributed by atoms with E-state index < -0.39 is 10.0 Å². The number of nitrogens with one attached hydrogen (secondary N) is 1. The van der Waals surface area contributed by atoms with Gasteiger partial charge in [-0.05, 0) is 50.1 Å². The van der Waals surface area contributed by atoms with Crippen LogP contribution in [0.25, 0.3) is 22.2 Å². The fourth-order valence-electron chi connectivity index (χ4n) is 4.41. The van der Waals surface area contributed by atoms with Crippen molar-refractivity contribution in [3.05, 3.63) is 65.0 Å². The second-order valence-corrected chi connectivity index (χ2v) is 11.7. The summed E-state index contributed by atoms with van der Waals surface area (Å²) < 4.78 is 46.8. The summed E-state index contributed by atoms with van der Waals surface area (Å²) in [7, 11) is -3.50. The molecule has 1 aliphatic rings. The summed E-state index contributed by atoms with van der Waals surface area (Å²) in [5, 5.41) is 6.00. The Morgan fingerprint density at radius 1 is 1.11 bits per heavy atom. The quantitative estimate of drug-likeness (QED) is 0.303. The average Bonchev–Trinajstić information content (AvgIpc) is 3.36. The Kier molecular flexibility index (Phi) is 6.92. The van der Waals surface area contributed by atoms with E-state index in [1.165, 1.54) is 29.5 Å². The van der Waals surface area contributed by atoms with Crippen molar-refractivity contribution in [3.63, 3.8) is 0 Å². The minimum Gasteiger partial charge on any atom is -0.453 e. The van der Waals surface area contributed by atoms with Crippen LogP contribution in [-0.2, 0) is 10.0 Å². The lowest BCUT2D eigenvalue weighted by Gasteiger charge is -2.19. The maximum absolute atomic E-state index is 13.5. The molecule has 0 saturated carbocycles. The molecule has 0 aliphatic carbocycles. The molecule has 7 nitrogen and oxygen atoms in total. The number of fused-ring (bicyclic) bond motifs is 1. The van der Waals surface area contributed by atoms with E-state index >= 15 is 0 Å². The summed E-state index contributed by atoms with van der Waals surface area (Å²) in [4.78, 5) is 17.5. The number of rotatable bonds is 7. The molecule has 1 saturated heterocycles. The zero-order chi connectivity index (χ0) is 25.3. The average molecular weight is 528 g/mol. The molecule has 2 aromatic heterocycles. The molecule has 10 heteroatoms. The van der Waals surface area contributed by atoms with Gasteiger partial charge >= 0.3 is 0 Å². The first kappa shape index (κ1) is 24.6. The highest BCUT2D eigenvalue weighted by Crippen LogP contribution is 2.29. The largest absolute Gasteiger partial charge is 0.453 e. The number of ketones is 1. The summed E-state index contributed by atoms with van der Waals surface area (Å²) >= 11 is 1.35. The third-order valence-electron chi connectivity index (χ3n) is 6.41. The molecular formula is C26H26FN3O4S2. The smallest absolute Gasteiger partial charge is 0.243 e. The molecule has 1 N–H and O–H groups in total. The van der Waals surface area contributed by atoms with Gasteiger partial charge in [-0.25, -0.2) is 17.8 Å². The minimum absolute atomic E-state index is 0.0247. The summed E-state index contributed by atoms with van der Waals surface area (Å²) in [6.07, 6.45) is 3.91. The Morgan fingerprint density at radius 3 is 2.56 bits per heavy atom. The number of nitrogens with zero attached hydrogens (tertiary/aromatic N) is 2. The Morgan fingerprint density at radius 2 is 1.83 bits per heavy atom. The standard InChI is InChI=1S/C26H26FN3O4S2/c1-17-21-14-19(27)8-11-24(21)34-25(17)23(31)15-28-26-29-22(16-35-26)18-6-9-20(10-7-18)36(32,33)30-12-4-2-3-5-13-30/h6-11,14,16H,2-5,12-13,15H2,1H3,(H,28,29). The van der Waals surface area contributed by atoms with Gasteiger partial charge in [-0.3, -0.25) is 4.79 Å². The van der Waals surface area contributed by atoms with Crippen LogP contribution in [-0.4, -0.2) is 43.1 Å². The van der Waals surface area contributed by atoms with Crippen molar-refractivity contribution in [1.29, 1.82) is 0 Å². The van der Waals surface area contributed by atoms with Gasteiger partial charge in [-0.1, -0.05) is 25.0 Å². The van der Waals surface area contributed by atoms with E-state index in [1.54, 1.807) is 35.5 Å². The van der Waals surface area contributed by atoms with Crippen molar-refractivity contribution in [2.24, 2.45) is 0 Å². The molecule has 0 bridgehead atoms. The van der Waals surface area contributed by atoms with E-state index in [2.05, 4.69) is 10.3 Å². The molecule has 3 heterocycles. The number of furan rings is 1. The predicted molar refractivity (Wildman–Crippen MR) is 139 cm³/mol. The maximum atomic E-state index is 13.5.